The number of rotatable bonds is 6. The fourth-order valence-corrected chi connectivity index (χ4v) is 5.97. The molecule has 2 aromatic carbocycles. The highest BCUT2D eigenvalue weighted by molar-refractivity contribution is 7.17. The van der Waals surface area contributed by atoms with Gasteiger partial charge in [-0.3, -0.25) is 10.00 Å². The standard InChI is InChI=1S/C26H21ClF3N5O5S/c1-34(16-9-20(23(37)38)35(11-16)25(39)40)24-32-22(36)21(41-24)17(12-3-5-19-14(6-12)10-31-33-19)7-13-2-4-15(27)8-18(13)26(28,29)30/h2-8,10,16,20,36H,9,11H2,1H3,(H,31,33)(H,37,38)(H,39,40). The highest BCUT2D eigenvalue weighted by Crippen LogP contribution is 2.43. The number of aromatic hydroxyl groups is 1. The molecule has 0 aliphatic carbocycles. The van der Waals surface area contributed by atoms with Gasteiger partial charge in [0.1, 0.15) is 10.9 Å². The smallest absolute Gasteiger partial charge is 0.417 e. The number of anilines is 1. The first kappa shape index (κ1) is 28.2. The summed E-state index contributed by atoms with van der Waals surface area (Å²) in [6.07, 6.45) is -3.26. The van der Waals surface area contributed by atoms with Crippen LogP contribution in [0.3, 0.4) is 0 Å². The maximum Gasteiger partial charge on any atom is 0.417 e. The van der Waals surface area contributed by atoms with Crippen LogP contribution in [0.4, 0.5) is 23.1 Å². The molecule has 3 heterocycles. The van der Waals surface area contributed by atoms with E-state index in [1.165, 1.54) is 18.2 Å². The topological polar surface area (TPSA) is 143 Å². The number of benzene rings is 2. The quantitative estimate of drug-likeness (QED) is 0.207. The Morgan fingerprint density at radius 1 is 1.22 bits per heavy atom. The Balaban J connectivity index is 1.60. The van der Waals surface area contributed by atoms with Crippen molar-refractivity contribution in [2.75, 3.05) is 18.5 Å². The molecule has 0 bridgehead atoms. The minimum atomic E-state index is -4.71. The van der Waals surface area contributed by atoms with Crippen LogP contribution in [-0.4, -0.2) is 73.1 Å². The summed E-state index contributed by atoms with van der Waals surface area (Å²) in [6.45, 7) is -0.113. The number of aromatic amines is 1. The van der Waals surface area contributed by atoms with Crippen molar-refractivity contribution >= 4 is 62.7 Å². The van der Waals surface area contributed by atoms with Gasteiger partial charge < -0.3 is 20.2 Å². The van der Waals surface area contributed by atoms with E-state index in [2.05, 4.69) is 15.2 Å². The van der Waals surface area contributed by atoms with Crippen molar-refractivity contribution in [3.05, 3.63) is 69.2 Å². The van der Waals surface area contributed by atoms with Gasteiger partial charge in [0.2, 0.25) is 5.88 Å². The van der Waals surface area contributed by atoms with Gasteiger partial charge in [0.25, 0.3) is 0 Å². The summed E-state index contributed by atoms with van der Waals surface area (Å²) in [5, 5.41) is 37.4. The molecule has 1 amide bonds. The van der Waals surface area contributed by atoms with Crippen LogP contribution in [-0.2, 0) is 11.0 Å². The molecular weight excluding hydrogens is 587 g/mol. The van der Waals surface area contributed by atoms with E-state index in [9.17, 15) is 38.1 Å². The number of carboxylic acid groups (broad SMARTS) is 2. The number of halogens is 4. The molecule has 4 aromatic rings. The number of aromatic nitrogens is 3. The first-order valence-corrected chi connectivity index (χ1v) is 13.2. The lowest BCUT2D eigenvalue weighted by atomic mass is 9.98. The normalized spacial score (nSPS) is 17.8. The molecule has 1 aliphatic rings. The molecule has 2 unspecified atom stereocenters. The molecule has 0 radical (unpaired) electrons. The lowest BCUT2D eigenvalue weighted by molar-refractivity contribution is -0.141. The van der Waals surface area contributed by atoms with Crippen molar-refractivity contribution in [3.8, 4) is 5.88 Å². The molecule has 10 nitrogen and oxygen atoms in total. The second-order valence-corrected chi connectivity index (χ2v) is 10.8. The van der Waals surface area contributed by atoms with E-state index in [0.29, 0.717) is 16.5 Å². The summed E-state index contributed by atoms with van der Waals surface area (Å²) in [4.78, 5) is 29.9. The van der Waals surface area contributed by atoms with Crippen LogP contribution in [0.15, 0.2) is 42.6 Å². The third-order valence-electron chi connectivity index (χ3n) is 6.87. The molecule has 214 valence electrons. The summed E-state index contributed by atoms with van der Waals surface area (Å²) >= 11 is 6.84. The zero-order valence-corrected chi connectivity index (χ0v) is 22.6. The monoisotopic (exact) mass is 607 g/mol. The van der Waals surface area contributed by atoms with Gasteiger partial charge in [-0.25, -0.2) is 9.59 Å². The second kappa shape index (κ2) is 10.6. The molecule has 5 rings (SSSR count). The summed E-state index contributed by atoms with van der Waals surface area (Å²) in [7, 11) is 1.58. The molecule has 0 saturated carbocycles. The fourth-order valence-electron chi connectivity index (χ4n) is 4.77. The Morgan fingerprint density at radius 2 is 1.98 bits per heavy atom. The van der Waals surface area contributed by atoms with Crippen molar-refractivity contribution < 1.29 is 38.1 Å². The Hall–Kier alpha value is -4.30. The molecule has 0 spiro atoms. The maximum absolute atomic E-state index is 13.9. The van der Waals surface area contributed by atoms with Crippen molar-refractivity contribution in [2.45, 2.75) is 24.7 Å². The summed E-state index contributed by atoms with van der Waals surface area (Å²) < 4.78 is 41.8. The van der Waals surface area contributed by atoms with Crippen molar-refractivity contribution in [3.63, 3.8) is 0 Å². The number of nitrogens with zero attached hydrogens (tertiary/aromatic N) is 4. The number of nitrogens with one attached hydrogen (secondary N) is 1. The van der Waals surface area contributed by atoms with Gasteiger partial charge in [0.05, 0.1) is 23.3 Å². The average molecular weight is 608 g/mol. The minimum Gasteiger partial charge on any atom is -0.492 e. The average Bonchev–Trinajstić information content (AvgIpc) is 3.65. The van der Waals surface area contributed by atoms with E-state index >= 15 is 0 Å². The Bertz CT molecular complexity index is 1670. The summed E-state index contributed by atoms with van der Waals surface area (Å²) in [5.74, 6) is -1.74. The van der Waals surface area contributed by atoms with Gasteiger partial charge in [-0.2, -0.15) is 23.3 Å². The molecule has 41 heavy (non-hydrogen) atoms. The van der Waals surface area contributed by atoms with Crippen LogP contribution >= 0.6 is 22.9 Å². The van der Waals surface area contributed by atoms with Crippen LogP contribution < -0.4 is 4.90 Å². The van der Waals surface area contributed by atoms with Crippen LogP contribution in [0.5, 0.6) is 5.88 Å². The van der Waals surface area contributed by atoms with E-state index in [1.54, 1.807) is 36.3 Å². The molecule has 1 fully saturated rings. The number of hydrogen-bond acceptors (Lipinski definition) is 7. The van der Waals surface area contributed by atoms with Gasteiger partial charge in [-0.1, -0.05) is 35.1 Å². The van der Waals surface area contributed by atoms with Gasteiger partial charge in [0.15, 0.2) is 5.13 Å². The Kier molecular flexibility index (Phi) is 7.30. The number of alkyl halides is 3. The van der Waals surface area contributed by atoms with Crippen molar-refractivity contribution in [1.82, 2.24) is 20.1 Å². The number of fused-ring (bicyclic) bond motifs is 1. The van der Waals surface area contributed by atoms with Gasteiger partial charge in [-0.05, 0) is 41.5 Å². The summed E-state index contributed by atoms with van der Waals surface area (Å²) in [5.41, 5.74) is 0.245. The van der Waals surface area contributed by atoms with E-state index in [0.717, 1.165) is 22.3 Å². The van der Waals surface area contributed by atoms with Crippen LogP contribution in [0.25, 0.3) is 22.6 Å². The van der Waals surface area contributed by atoms with Crippen LogP contribution in [0.2, 0.25) is 5.02 Å². The highest BCUT2D eigenvalue weighted by atomic mass is 35.5. The lowest BCUT2D eigenvalue weighted by Crippen LogP contribution is -2.40. The lowest BCUT2D eigenvalue weighted by Gasteiger charge is -2.23. The van der Waals surface area contributed by atoms with Gasteiger partial charge in [-0.15, -0.1) is 0 Å². The zero-order valence-electron chi connectivity index (χ0n) is 21.1. The van der Waals surface area contributed by atoms with Gasteiger partial charge >= 0.3 is 18.2 Å². The number of carboxylic acids is 1. The first-order valence-electron chi connectivity index (χ1n) is 12.0. The van der Waals surface area contributed by atoms with Crippen molar-refractivity contribution in [1.29, 1.82) is 0 Å². The molecule has 2 atom stereocenters. The van der Waals surface area contributed by atoms with Crippen molar-refractivity contribution in [2.24, 2.45) is 0 Å². The Labute approximate surface area is 238 Å². The largest absolute Gasteiger partial charge is 0.492 e. The fraction of sp³-hybridized carbons (Fsp3) is 0.231. The molecule has 4 N–H and O–H groups in total. The van der Waals surface area contributed by atoms with E-state index < -0.39 is 41.8 Å². The number of aliphatic carboxylic acids is 1. The first-order chi connectivity index (χ1) is 19.3. The van der Waals surface area contributed by atoms with E-state index in [4.69, 9.17) is 11.6 Å². The minimum absolute atomic E-state index is 0.0205. The SMILES string of the molecule is CN(c1nc(O)c(C(=Cc2ccc(Cl)cc2C(F)(F)F)c2ccc3[nH]ncc3c2)s1)C1CC(C(=O)O)N(C(=O)O)C1. The number of likely N-dealkylation sites (tertiary alicyclic amines) is 1. The van der Waals surface area contributed by atoms with Gasteiger partial charge in [0, 0.05) is 36.0 Å². The number of hydrogen-bond donors (Lipinski definition) is 4. The highest BCUT2D eigenvalue weighted by Gasteiger charge is 2.42. The Morgan fingerprint density at radius 3 is 2.63 bits per heavy atom. The molecule has 2 aromatic heterocycles. The summed E-state index contributed by atoms with van der Waals surface area (Å²) in [6, 6.07) is 6.63. The number of thiazole rings is 1. The molecule has 1 aliphatic heterocycles. The molecular formula is C26H21ClF3N5O5S. The number of carbonyl (C=O) groups is 2. The number of likely N-dealkylation sites (N-methyl/N-ethyl adjacent to an activating group) is 1. The number of H-pyrrole nitrogens is 1. The maximum atomic E-state index is 13.9. The predicted molar refractivity (Wildman–Crippen MR) is 146 cm³/mol. The second-order valence-electron chi connectivity index (χ2n) is 9.40. The van der Waals surface area contributed by atoms with Crippen LogP contribution in [0, 0.1) is 0 Å². The third kappa shape index (κ3) is 5.52. The van der Waals surface area contributed by atoms with E-state index in [-0.39, 0.29) is 39.1 Å². The zero-order chi connectivity index (χ0) is 29.6. The van der Waals surface area contributed by atoms with E-state index in [1.807, 2.05) is 0 Å². The molecule has 1 saturated heterocycles. The third-order valence-corrected chi connectivity index (χ3v) is 8.28. The molecule has 15 heteroatoms. The predicted octanol–water partition coefficient (Wildman–Crippen LogP) is 5.63. The van der Waals surface area contributed by atoms with Crippen LogP contribution in [0.1, 0.15) is 28.0 Å². The number of amides is 1.